The zero-order valence-corrected chi connectivity index (χ0v) is 21.8. The van der Waals surface area contributed by atoms with Crippen LogP contribution in [0.1, 0.15) is 54.4 Å². The quantitative estimate of drug-likeness (QED) is 0.309. The summed E-state index contributed by atoms with van der Waals surface area (Å²) >= 11 is 0.722. The molecule has 5 N–H and O–H groups in total. The number of hydrogen-bond donors (Lipinski definition) is 3. The average Bonchev–Trinajstić information content (AvgIpc) is 3.48. The molecule has 2 aromatic heterocycles. The fraction of sp³-hybridized carbons (Fsp3) is 0.185. The zero-order valence-electron chi connectivity index (χ0n) is 20.9. The van der Waals surface area contributed by atoms with Gasteiger partial charge in [0.05, 0.1) is 5.69 Å². The summed E-state index contributed by atoms with van der Waals surface area (Å²) in [6.45, 7) is 5.52. The van der Waals surface area contributed by atoms with Crippen LogP contribution in [0.3, 0.4) is 0 Å². The van der Waals surface area contributed by atoms with Gasteiger partial charge < -0.3 is 21.2 Å². The van der Waals surface area contributed by atoms with Crippen molar-refractivity contribution in [2.24, 2.45) is 5.73 Å². The van der Waals surface area contributed by atoms with Crippen molar-refractivity contribution >= 4 is 40.6 Å². The minimum Gasteiger partial charge on any atom is -0.464 e. The number of aromatic nitrogens is 1. The van der Waals surface area contributed by atoms with Gasteiger partial charge in [-0.05, 0) is 79.3 Å². The summed E-state index contributed by atoms with van der Waals surface area (Å²) in [6, 6.07) is 13.1. The van der Waals surface area contributed by atoms with Crippen molar-refractivity contribution in [1.29, 1.82) is 0 Å². The number of hydrogen-bond acceptors (Lipinski definition) is 7. The van der Waals surface area contributed by atoms with Crippen LogP contribution in [-0.2, 0) is 11.3 Å². The topological polar surface area (TPSA) is 145 Å². The second-order valence-corrected chi connectivity index (χ2v) is 9.50. The zero-order chi connectivity index (χ0) is 27.6. The lowest BCUT2D eigenvalue weighted by Gasteiger charge is -2.31. The highest BCUT2D eigenvalue weighted by Crippen LogP contribution is 2.36. The molecule has 38 heavy (non-hydrogen) atoms. The maximum Gasteiger partial charge on any atom is 0.273 e. The predicted octanol–water partition coefficient (Wildman–Crippen LogP) is 4.19. The van der Waals surface area contributed by atoms with Crippen molar-refractivity contribution in [1.82, 2.24) is 9.69 Å². The van der Waals surface area contributed by atoms with E-state index in [0.717, 1.165) is 22.7 Å². The fourth-order valence-electron chi connectivity index (χ4n) is 3.96. The van der Waals surface area contributed by atoms with Crippen LogP contribution in [-0.4, -0.2) is 22.1 Å². The highest BCUT2D eigenvalue weighted by molar-refractivity contribution is 7.09. The molecular formula is C27H26FN5O4S. The molecule has 0 aliphatic rings. The number of amides is 3. The summed E-state index contributed by atoms with van der Waals surface area (Å²) in [7, 11) is 0. The first-order chi connectivity index (χ1) is 18.1. The van der Waals surface area contributed by atoms with Crippen LogP contribution in [0.15, 0.2) is 59.0 Å². The summed E-state index contributed by atoms with van der Waals surface area (Å²) in [6.07, 6.45) is 0. The summed E-state index contributed by atoms with van der Waals surface area (Å²) in [4.78, 5) is 40.9. The molecule has 0 saturated heterocycles. The van der Waals surface area contributed by atoms with E-state index >= 15 is 0 Å². The number of carbonyl (C=O) groups excluding carboxylic acids is 3. The standard InChI is InChI=1S/C27H26FN5O4S/c1-14-5-4-6-19(16(14)3)33(27(36)24-21(29)22(25(30)34)32-38-24)23(20-12-7-15(2)37-20)26(35)31-13-17-8-10-18(28)11-9-17/h4-12,23H,13,29H2,1-3H3,(H2,30,34)(H,31,35)/t23-/m0/s1. The second kappa shape index (κ2) is 10.9. The Morgan fingerprint density at radius 3 is 2.39 bits per heavy atom. The molecule has 0 saturated carbocycles. The first-order valence-electron chi connectivity index (χ1n) is 11.6. The Morgan fingerprint density at radius 2 is 1.79 bits per heavy atom. The van der Waals surface area contributed by atoms with Crippen LogP contribution in [0.2, 0.25) is 0 Å². The predicted molar refractivity (Wildman–Crippen MR) is 142 cm³/mol. The number of nitrogens with two attached hydrogens (primary N) is 2. The van der Waals surface area contributed by atoms with Crippen LogP contribution in [0.4, 0.5) is 15.8 Å². The lowest BCUT2D eigenvalue weighted by atomic mass is 10.0. The van der Waals surface area contributed by atoms with E-state index < -0.39 is 29.6 Å². The lowest BCUT2D eigenvalue weighted by Crippen LogP contribution is -2.44. The van der Waals surface area contributed by atoms with Crippen LogP contribution < -0.4 is 21.7 Å². The molecule has 0 unspecified atom stereocenters. The van der Waals surface area contributed by atoms with E-state index in [1.807, 2.05) is 19.9 Å². The first-order valence-corrected chi connectivity index (χ1v) is 12.4. The Kier molecular flexibility index (Phi) is 7.58. The van der Waals surface area contributed by atoms with Gasteiger partial charge in [-0.1, -0.05) is 24.3 Å². The number of primary amides is 1. The molecule has 9 nitrogen and oxygen atoms in total. The van der Waals surface area contributed by atoms with E-state index in [4.69, 9.17) is 15.9 Å². The van der Waals surface area contributed by atoms with Crippen molar-refractivity contribution in [2.45, 2.75) is 33.4 Å². The molecule has 196 valence electrons. The molecule has 3 amide bonds. The minimum atomic E-state index is -1.25. The Balaban J connectivity index is 1.83. The minimum absolute atomic E-state index is 0.0423. The maximum absolute atomic E-state index is 14.1. The molecule has 0 aliphatic heterocycles. The number of rotatable bonds is 8. The number of benzene rings is 2. The fourth-order valence-corrected chi connectivity index (χ4v) is 4.71. The van der Waals surface area contributed by atoms with E-state index in [1.165, 1.54) is 17.0 Å². The molecule has 0 bridgehead atoms. The number of nitrogens with zero attached hydrogens (tertiary/aromatic N) is 2. The molecule has 11 heteroatoms. The molecule has 0 aliphatic carbocycles. The number of nitrogens with one attached hydrogen (secondary N) is 1. The van der Waals surface area contributed by atoms with Crippen LogP contribution in [0.25, 0.3) is 0 Å². The van der Waals surface area contributed by atoms with Gasteiger partial charge in [-0.3, -0.25) is 19.3 Å². The highest BCUT2D eigenvalue weighted by atomic mass is 32.1. The van der Waals surface area contributed by atoms with Gasteiger partial charge in [-0.15, -0.1) is 0 Å². The monoisotopic (exact) mass is 535 g/mol. The summed E-state index contributed by atoms with van der Waals surface area (Å²) < 4.78 is 23.1. The maximum atomic E-state index is 14.1. The molecule has 1 atom stereocenters. The Labute approximate surface area is 222 Å². The number of aryl methyl sites for hydroxylation is 2. The third kappa shape index (κ3) is 5.28. The molecule has 4 rings (SSSR count). The van der Waals surface area contributed by atoms with E-state index in [9.17, 15) is 18.8 Å². The third-order valence-electron chi connectivity index (χ3n) is 6.13. The number of anilines is 2. The van der Waals surface area contributed by atoms with E-state index in [1.54, 1.807) is 43.3 Å². The van der Waals surface area contributed by atoms with Gasteiger partial charge in [0.25, 0.3) is 17.7 Å². The second-order valence-electron chi connectivity index (χ2n) is 8.73. The molecule has 2 heterocycles. The summed E-state index contributed by atoms with van der Waals surface area (Å²) in [5.74, 6) is -1.71. The first kappa shape index (κ1) is 26.6. The average molecular weight is 536 g/mol. The number of nitrogen functional groups attached to an aromatic ring is 1. The number of furan rings is 1. The van der Waals surface area contributed by atoms with E-state index in [-0.39, 0.29) is 28.6 Å². The van der Waals surface area contributed by atoms with Crippen molar-refractivity contribution in [3.63, 3.8) is 0 Å². The van der Waals surface area contributed by atoms with Gasteiger partial charge in [0, 0.05) is 12.2 Å². The van der Waals surface area contributed by atoms with Gasteiger partial charge in [-0.25, -0.2) is 4.39 Å². The SMILES string of the molecule is Cc1ccc([C@@H](C(=O)NCc2ccc(F)cc2)N(C(=O)c2snc(C(N)=O)c2N)c2cccc(C)c2C)o1. The smallest absolute Gasteiger partial charge is 0.273 e. The van der Waals surface area contributed by atoms with Crippen LogP contribution in [0.5, 0.6) is 0 Å². The molecule has 0 fully saturated rings. The third-order valence-corrected chi connectivity index (χ3v) is 6.98. The molecule has 2 aromatic carbocycles. The highest BCUT2D eigenvalue weighted by Gasteiger charge is 2.38. The van der Waals surface area contributed by atoms with Gasteiger partial charge in [0.15, 0.2) is 11.7 Å². The van der Waals surface area contributed by atoms with Crippen LogP contribution in [0, 0.1) is 26.6 Å². The van der Waals surface area contributed by atoms with Crippen molar-refractivity contribution in [2.75, 3.05) is 10.6 Å². The largest absolute Gasteiger partial charge is 0.464 e. The van der Waals surface area contributed by atoms with Crippen molar-refractivity contribution in [3.8, 4) is 0 Å². The molecule has 0 spiro atoms. The van der Waals surface area contributed by atoms with E-state index in [0.29, 0.717) is 17.0 Å². The van der Waals surface area contributed by atoms with Crippen molar-refractivity contribution in [3.05, 3.63) is 99.2 Å². The number of carbonyl (C=O) groups is 3. The van der Waals surface area contributed by atoms with Gasteiger partial charge >= 0.3 is 0 Å². The van der Waals surface area contributed by atoms with Gasteiger partial charge in [0.1, 0.15) is 22.2 Å². The molecular weight excluding hydrogens is 509 g/mol. The summed E-state index contributed by atoms with van der Waals surface area (Å²) in [5.41, 5.74) is 13.8. The Bertz CT molecular complexity index is 1510. The lowest BCUT2D eigenvalue weighted by molar-refractivity contribution is -0.123. The van der Waals surface area contributed by atoms with Gasteiger partial charge in [-0.2, -0.15) is 4.37 Å². The summed E-state index contributed by atoms with van der Waals surface area (Å²) in [5, 5.41) is 2.82. The van der Waals surface area contributed by atoms with Crippen molar-refractivity contribution < 1.29 is 23.2 Å². The molecule has 4 aromatic rings. The van der Waals surface area contributed by atoms with E-state index in [2.05, 4.69) is 9.69 Å². The molecule has 0 radical (unpaired) electrons. The normalized spacial score (nSPS) is 11.7. The van der Waals surface area contributed by atoms with Crippen LogP contribution >= 0.6 is 11.5 Å². The number of halogens is 1. The Morgan fingerprint density at radius 1 is 1.08 bits per heavy atom. The Hall–Kier alpha value is -4.51. The van der Waals surface area contributed by atoms with Gasteiger partial charge in [0.2, 0.25) is 0 Å².